The second-order valence-electron chi connectivity index (χ2n) is 9.27. The Morgan fingerprint density at radius 2 is 1.68 bits per heavy atom. The van der Waals surface area contributed by atoms with Gasteiger partial charge in [0.2, 0.25) is 0 Å². The second-order valence-corrected chi connectivity index (χ2v) is 9.68. The van der Waals surface area contributed by atoms with Crippen LogP contribution in [-0.2, 0) is 6.54 Å². The Hall–Kier alpha value is -4.29. The summed E-state index contributed by atoms with van der Waals surface area (Å²) in [5.74, 6) is 0.943. The molecule has 3 heterocycles. The van der Waals surface area contributed by atoms with Gasteiger partial charge in [-0.25, -0.2) is 9.48 Å². The highest BCUT2D eigenvalue weighted by molar-refractivity contribution is 6.31. The Labute approximate surface area is 220 Å². The number of amides is 2. The lowest BCUT2D eigenvalue weighted by atomic mass is 10.0. The zero-order valence-corrected chi connectivity index (χ0v) is 21.4. The van der Waals surface area contributed by atoms with E-state index in [1.165, 1.54) is 0 Å². The molecule has 0 spiro atoms. The minimum atomic E-state index is -0.312. The monoisotopic (exact) mass is 507 g/mol. The number of anilines is 1. The van der Waals surface area contributed by atoms with Crippen LogP contribution in [0.4, 0.5) is 10.5 Å². The molecule has 1 N–H and O–H groups in total. The fourth-order valence-electron chi connectivity index (χ4n) is 5.00. The summed E-state index contributed by atoms with van der Waals surface area (Å²) in [4.78, 5) is 15.8. The summed E-state index contributed by atoms with van der Waals surface area (Å²) in [6.45, 7) is 4.33. The Morgan fingerprint density at radius 3 is 2.41 bits per heavy atom. The zero-order chi connectivity index (χ0) is 25.5. The van der Waals surface area contributed by atoms with Crippen LogP contribution in [0.2, 0.25) is 5.02 Å². The molecule has 2 amide bonds. The van der Waals surface area contributed by atoms with E-state index in [4.69, 9.17) is 16.7 Å². The predicted molar refractivity (Wildman–Crippen MR) is 147 cm³/mol. The summed E-state index contributed by atoms with van der Waals surface area (Å²) in [6, 6.07) is 29.4. The van der Waals surface area contributed by atoms with Crippen LogP contribution in [0.1, 0.15) is 34.1 Å². The van der Waals surface area contributed by atoms with Crippen LogP contribution in [0.15, 0.2) is 97.2 Å². The lowest BCUT2D eigenvalue weighted by Gasteiger charge is -2.31. The van der Waals surface area contributed by atoms with Gasteiger partial charge >= 0.3 is 6.03 Å². The van der Waals surface area contributed by atoms with Crippen molar-refractivity contribution >= 4 is 23.3 Å². The highest BCUT2D eigenvalue weighted by atomic mass is 35.5. The number of hydrogen-bond acceptors (Lipinski definition) is 2. The summed E-state index contributed by atoms with van der Waals surface area (Å²) in [7, 11) is 0. The lowest BCUT2D eigenvalue weighted by Crippen LogP contribution is -2.38. The number of rotatable bonds is 3. The molecule has 0 radical (unpaired) electrons. The lowest BCUT2D eigenvalue weighted by molar-refractivity contribution is 0.194. The molecular formula is C30H26ClN5O. The van der Waals surface area contributed by atoms with Crippen molar-refractivity contribution in [1.29, 1.82) is 0 Å². The van der Waals surface area contributed by atoms with E-state index in [2.05, 4.69) is 28.1 Å². The number of hydrogen-bond donors (Lipinski definition) is 1. The van der Waals surface area contributed by atoms with E-state index in [-0.39, 0.29) is 12.1 Å². The maximum Gasteiger partial charge on any atom is 0.322 e. The van der Waals surface area contributed by atoms with Gasteiger partial charge in [-0.2, -0.15) is 5.10 Å². The molecule has 0 unspecified atom stereocenters. The van der Waals surface area contributed by atoms with Gasteiger partial charge in [-0.15, -0.1) is 0 Å². The molecule has 6 rings (SSSR count). The van der Waals surface area contributed by atoms with Gasteiger partial charge in [0.1, 0.15) is 5.82 Å². The molecule has 184 valence electrons. The smallest absolute Gasteiger partial charge is 0.308 e. The maximum absolute atomic E-state index is 14.0. The number of urea groups is 1. The van der Waals surface area contributed by atoms with Crippen molar-refractivity contribution in [2.75, 3.05) is 5.32 Å². The largest absolute Gasteiger partial charge is 0.322 e. The second kappa shape index (κ2) is 9.30. The van der Waals surface area contributed by atoms with Crippen molar-refractivity contribution < 1.29 is 4.79 Å². The van der Waals surface area contributed by atoms with Crippen LogP contribution in [0.3, 0.4) is 0 Å². The molecule has 0 saturated heterocycles. The van der Waals surface area contributed by atoms with Crippen LogP contribution < -0.4 is 5.32 Å². The van der Waals surface area contributed by atoms with Crippen molar-refractivity contribution in [3.63, 3.8) is 0 Å². The molecule has 7 heteroatoms. The van der Waals surface area contributed by atoms with Gasteiger partial charge in [-0.1, -0.05) is 66.2 Å². The maximum atomic E-state index is 14.0. The zero-order valence-electron chi connectivity index (χ0n) is 20.6. The number of benzene rings is 3. The van der Waals surface area contributed by atoms with E-state index in [0.29, 0.717) is 17.3 Å². The van der Waals surface area contributed by atoms with E-state index < -0.39 is 0 Å². The average molecular weight is 508 g/mol. The topological polar surface area (TPSA) is 55.1 Å². The fraction of sp³-hybridized carbons (Fsp3) is 0.133. The van der Waals surface area contributed by atoms with Crippen LogP contribution >= 0.6 is 11.6 Å². The van der Waals surface area contributed by atoms with Crippen LogP contribution in [-0.4, -0.2) is 25.3 Å². The number of aromatic nitrogens is 3. The van der Waals surface area contributed by atoms with Crippen molar-refractivity contribution in [2.45, 2.75) is 26.4 Å². The molecule has 1 aliphatic rings. The molecule has 37 heavy (non-hydrogen) atoms. The normalized spacial score (nSPS) is 14.6. The van der Waals surface area contributed by atoms with Crippen molar-refractivity contribution in [3.05, 3.63) is 130 Å². The predicted octanol–water partition coefficient (Wildman–Crippen LogP) is 7.07. The van der Waals surface area contributed by atoms with Crippen molar-refractivity contribution in [3.8, 4) is 11.5 Å². The third kappa shape index (κ3) is 4.09. The number of nitrogens with one attached hydrogen (secondary N) is 1. The third-order valence-corrected chi connectivity index (χ3v) is 7.29. The van der Waals surface area contributed by atoms with Crippen molar-refractivity contribution in [2.24, 2.45) is 0 Å². The Kier molecular flexibility index (Phi) is 5.81. The Balaban J connectivity index is 1.52. The van der Waals surface area contributed by atoms with E-state index in [1.807, 2.05) is 96.4 Å². The number of carbonyl (C=O) groups is 1. The molecule has 5 aromatic rings. The molecule has 6 nitrogen and oxygen atoms in total. The van der Waals surface area contributed by atoms with E-state index >= 15 is 0 Å². The summed E-state index contributed by atoms with van der Waals surface area (Å²) in [6.07, 6.45) is 2.05. The van der Waals surface area contributed by atoms with Gasteiger partial charge in [-0.05, 0) is 61.4 Å². The molecule has 0 fully saturated rings. The number of aryl methyl sites for hydroxylation is 2. The first-order chi connectivity index (χ1) is 18.0. The standard InChI is InChI=1S/C30H26ClN5O/c1-20-15-16-23(18-26(20)31)32-30(37)35-19-25-21(2)33-36(24-12-7-4-8-13-24)29(25)34-17-9-14-27(34)28(35)22-10-5-3-6-11-22/h3-18,28H,19H2,1-2H3,(H,32,37)/t28-/m1/s1. The molecule has 1 atom stereocenters. The first kappa shape index (κ1) is 23.1. The molecular weight excluding hydrogens is 482 g/mol. The molecule has 3 aromatic carbocycles. The average Bonchev–Trinajstić information content (AvgIpc) is 3.47. The van der Waals surface area contributed by atoms with Gasteiger partial charge < -0.3 is 14.8 Å². The number of fused-ring (bicyclic) bond motifs is 3. The fourth-order valence-corrected chi connectivity index (χ4v) is 5.18. The number of halogens is 1. The summed E-state index contributed by atoms with van der Waals surface area (Å²) in [5.41, 5.74) is 6.47. The van der Waals surface area contributed by atoms with Gasteiger partial charge in [0.25, 0.3) is 0 Å². The molecule has 0 saturated carbocycles. The quantitative estimate of drug-likeness (QED) is 0.284. The highest BCUT2D eigenvalue weighted by Crippen LogP contribution is 2.38. The SMILES string of the molecule is Cc1ccc(NC(=O)N2Cc3c(C)nn(-c4ccccc4)c3-n3cccc3[C@H]2c2ccccc2)cc1Cl. The van der Waals surface area contributed by atoms with Gasteiger partial charge in [-0.3, -0.25) is 0 Å². The molecule has 0 bridgehead atoms. The van der Waals surface area contributed by atoms with E-state index in [0.717, 1.165) is 39.6 Å². The molecule has 2 aromatic heterocycles. The van der Waals surface area contributed by atoms with Gasteiger partial charge in [0.15, 0.2) is 0 Å². The van der Waals surface area contributed by atoms with Crippen LogP contribution in [0, 0.1) is 13.8 Å². The Bertz CT molecular complexity index is 1590. The van der Waals surface area contributed by atoms with Gasteiger partial charge in [0, 0.05) is 22.5 Å². The number of para-hydroxylation sites is 1. The minimum absolute atomic E-state index is 0.207. The van der Waals surface area contributed by atoms with E-state index in [9.17, 15) is 4.79 Å². The molecule has 1 aliphatic heterocycles. The third-order valence-electron chi connectivity index (χ3n) is 6.89. The highest BCUT2D eigenvalue weighted by Gasteiger charge is 2.36. The first-order valence-corrected chi connectivity index (χ1v) is 12.6. The van der Waals surface area contributed by atoms with Gasteiger partial charge in [0.05, 0.1) is 29.7 Å². The minimum Gasteiger partial charge on any atom is -0.308 e. The van der Waals surface area contributed by atoms with E-state index in [1.54, 1.807) is 6.07 Å². The first-order valence-electron chi connectivity index (χ1n) is 12.2. The van der Waals surface area contributed by atoms with Crippen LogP contribution in [0.25, 0.3) is 11.5 Å². The molecule has 0 aliphatic carbocycles. The number of nitrogens with zero attached hydrogens (tertiary/aromatic N) is 4. The number of carbonyl (C=O) groups excluding carboxylic acids is 1. The van der Waals surface area contributed by atoms with Crippen molar-refractivity contribution in [1.82, 2.24) is 19.2 Å². The summed E-state index contributed by atoms with van der Waals surface area (Å²) >= 11 is 6.36. The summed E-state index contributed by atoms with van der Waals surface area (Å²) in [5, 5.41) is 8.60. The van der Waals surface area contributed by atoms with Crippen LogP contribution in [0.5, 0.6) is 0 Å². The summed E-state index contributed by atoms with van der Waals surface area (Å²) < 4.78 is 4.13. The Morgan fingerprint density at radius 1 is 0.946 bits per heavy atom.